The number of ketones is 1. The number of carbonyl (C=O) groups is 1. The summed E-state index contributed by atoms with van der Waals surface area (Å²) < 4.78 is 6.36. The molecular formula is C13H10BrClO2S. The van der Waals surface area contributed by atoms with E-state index < -0.39 is 0 Å². The third-order valence-electron chi connectivity index (χ3n) is 2.29. The van der Waals surface area contributed by atoms with Gasteiger partial charge in [-0.3, -0.25) is 4.79 Å². The van der Waals surface area contributed by atoms with Gasteiger partial charge in [0.15, 0.2) is 6.61 Å². The van der Waals surface area contributed by atoms with Crippen molar-refractivity contribution in [2.75, 3.05) is 6.61 Å². The van der Waals surface area contributed by atoms with Gasteiger partial charge in [0.1, 0.15) is 5.75 Å². The van der Waals surface area contributed by atoms with Gasteiger partial charge in [-0.2, -0.15) is 0 Å². The predicted octanol–water partition coefficient (Wildman–Crippen LogP) is 4.73. The van der Waals surface area contributed by atoms with E-state index in [2.05, 4.69) is 15.9 Å². The Hall–Kier alpha value is -0.840. The fourth-order valence-corrected chi connectivity index (χ4v) is 3.00. The van der Waals surface area contributed by atoms with E-state index in [1.54, 1.807) is 12.1 Å². The van der Waals surface area contributed by atoms with E-state index in [4.69, 9.17) is 16.3 Å². The van der Waals surface area contributed by atoms with Crippen LogP contribution in [-0.2, 0) is 0 Å². The Morgan fingerprint density at radius 3 is 2.78 bits per heavy atom. The molecule has 0 N–H and O–H groups in total. The van der Waals surface area contributed by atoms with Crippen LogP contribution in [0.1, 0.15) is 15.2 Å². The summed E-state index contributed by atoms with van der Waals surface area (Å²) in [5.74, 6) is 0.480. The first kappa shape index (κ1) is 13.6. The normalized spacial score (nSPS) is 10.4. The van der Waals surface area contributed by atoms with Crippen LogP contribution in [0.3, 0.4) is 0 Å². The molecule has 1 heterocycles. The van der Waals surface area contributed by atoms with Gasteiger partial charge < -0.3 is 4.74 Å². The van der Waals surface area contributed by atoms with Gasteiger partial charge in [-0.15, -0.1) is 11.3 Å². The topological polar surface area (TPSA) is 26.3 Å². The van der Waals surface area contributed by atoms with E-state index in [-0.39, 0.29) is 12.4 Å². The lowest BCUT2D eigenvalue weighted by Gasteiger charge is -2.07. The van der Waals surface area contributed by atoms with Crippen molar-refractivity contribution < 1.29 is 9.53 Å². The van der Waals surface area contributed by atoms with Crippen LogP contribution in [0.15, 0.2) is 34.1 Å². The second-order valence-corrected chi connectivity index (χ2v) is 6.62. The molecule has 94 valence electrons. The molecule has 0 unspecified atom stereocenters. The molecule has 2 rings (SSSR count). The molecule has 0 spiro atoms. The lowest BCUT2D eigenvalue weighted by Crippen LogP contribution is -2.10. The van der Waals surface area contributed by atoms with Crippen molar-refractivity contribution in [3.8, 4) is 5.75 Å². The summed E-state index contributed by atoms with van der Waals surface area (Å²) in [6, 6.07) is 9.10. The third-order valence-corrected chi connectivity index (χ3v) is 4.25. The Labute approximate surface area is 123 Å². The van der Waals surface area contributed by atoms with Crippen LogP contribution in [0, 0.1) is 6.92 Å². The van der Waals surface area contributed by atoms with Gasteiger partial charge >= 0.3 is 0 Å². The summed E-state index contributed by atoms with van der Waals surface area (Å²) in [6.07, 6.45) is 0. The zero-order valence-corrected chi connectivity index (χ0v) is 12.7. The fraction of sp³-hybridized carbons (Fsp3) is 0.154. The average molecular weight is 346 g/mol. The molecule has 0 bridgehead atoms. The van der Waals surface area contributed by atoms with Gasteiger partial charge in [-0.1, -0.05) is 17.7 Å². The molecule has 2 aromatic rings. The number of halogens is 2. The first-order chi connectivity index (χ1) is 8.56. The highest BCUT2D eigenvalue weighted by atomic mass is 79.9. The monoisotopic (exact) mass is 344 g/mol. The third kappa shape index (κ3) is 3.34. The van der Waals surface area contributed by atoms with E-state index >= 15 is 0 Å². The molecule has 5 heteroatoms. The van der Waals surface area contributed by atoms with Gasteiger partial charge in [0, 0.05) is 0 Å². The Kier molecular flexibility index (Phi) is 4.43. The summed E-state index contributed by atoms with van der Waals surface area (Å²) >= 11 is 10.7. The first-order valence-corrected chi connectivity index (χ1v) is 7.22. The van der Waals surface area contributed by atoms with Crippen LogP contribution in [0.25, 0.3) is 0 Å². The SMILES string of the molecule is Cc1ccc(OCC(=O)c2ccc(Br)s2)c(Cl)c1. The molecule has 0 saturated heterocycles. The summed E-state index contributed by atoms with van der Waals surface area (Å²) in [5, 5.41) is 0.523. The molecule has 0 saturated carbocycles. The van der Waals surface area contributed by atoms with E-state index in [1.807, 2.05) is 25.1 Å². The summed E-state index contributed by atoms with van der Waals surface area (Å²) in [5.41, 5.74) is 1.06. The molecule has 1 aromatic heterocycles. The molecule has 0 amide bonds. The zero-order valence-electron chi connectivity index (χ0n) is 9.57. The zero-order chi connectivity index (χ0) is 13.1. The Bertz CT molecular complexity index is 580. The van der Waals surface area contributed by atoms with Crippen LogP contribution in [-0.4, -0.2) is 12.4 Å². The standard InChI is InChI=1S/C13H10BrClO2S/c1-8-2-3-11(9(15)6-8)17-7-10(16)12-4-5-13(14)18-12/h2-6H,7H2,1H3. The van der Waals surface area contributed by atoms with Gasteiger partial charge in [0.05, 0.1) is 13.7 Å². The number of hydrogen-bond acceptors (Lipinski definition) is 3. The van der Waals surface area contributed by atoms with Crippen LogP contribution in [0.2, 0.25) is 5.02 Å². The highest BCUT2D eigenvalue weighted by Crippen LogP contribution is 2.26. The minimum Gasteiger partial charge on any atom is -0.484 e. The lowest BCUT2D eigenvalue weighted by atomic mass is 10.2. The minimum atomic E-state index is -0.0534. The number of rotatable bonds is 4. The number of thiophene rings is 1. The second kappa shape index (κ2) is 5.87. The average Bonchev–Trinajstić information content (AvgIpc) is 2.74. The number of carbonyl (C=O) groups excluding carboxylic acids is 1. The molecule has 0 aliphatic heterocycles. The predicted molar refractivity (Wildman–Crippen MR) is 78.0 cm³/mol. The maximum absolute atomic E-state index is 11.8. The quantitative estimate of drug-likeness (QED) is 0.749. The summed E-state index contributed by atoms with van der Waals surface area (Å²) in [7, 11) is 0. The number of ether oxygens (including phenoxy) is 1. The fourth-order valence-electron chi connectivity index (χ4n) is 1.40. The van der Waals surface area contributed by atoms with Crippen LogP contribution in [0.4, 0.5) is 0 Å². The van der Waals surface area contributed by atoms with Crippen molar-refractivity contribution in [2.45, 2.75) is 6.92 Å². The number of benzene rings is 1. The molecule has 0 radical (unpaired) electrons. The number of Topliss-reactive ketones (excluding diaryl/α,β-unsaturated/α-hetero) is 1. The summed E-state index contributed by atoms with van der Waals surface area (Å²) in [4.78, 5) is 12.5. The smallest absolute Gasteiger partial charge is 0.210 e. The molecule has 0 fully saturated rings. The Balaban J connectivity index is 2.01. The van der Waals surface area contributed by atoms with Crippen molar-refractivity contribution in [3.05, 3.63) is 49.6 Å². The molecule has 1 aromatic carbocycles. The van der Waals surface area contributed by atoms with Crippen LogP contribution >= 0.6 is 38.9 Å². The molecule has 0 aliphatic carbocycles. The first-order valence-electron chi connectivity index (χ1n) is 5.24. The molecule has 18 heavy (non-hydrogen) atoms. The molecular weight excluding hydrogens is 336 g/mol. The van der Waals surface area contributed by atoms with Gasteiger partial charge in [-0.25, -0.2) is 0 Å². The van der Waals surface area contributed by atoms with Crippen molar-refractivity contribution >= 4 is 44.7 Å². The van der Waals surface area contributed by atoms with E-state index in [1.165, 1.54) is 11.3 Å². The van der Waals surface area contributed by atoms with E-state index in [9.17, 15) is 4.79 Å². The number of aryl methyl sites for hydroxylation is 1. The minimum absolute atomic E-state index is 0.00423. The molecule has 2 nitrogen and oxygen atoms in total. The van der Waals surface area contributed by atoms with Crippen LogP contribution in [0.5, 0.6) is 5.75 Å². The summed E-state index contributed by atoms with van der Waals surface area (Å²) in [6.45, 7) is 1.94. The van der Waals surface area contributed by atoms with Crippen molar-refractivity contribution in [1.82, 2.24) is 0 Å². The van der Waals surface area contributed by atoms with Crippen molar-refractivity contribution in [2.24, 2.45) is 0 Å². The van der Waals surface area contributed by atoms with Gasteiger partial charge in [0.25, 0.3) is 0 Å². The van der Waals surface area contributed by atoms with Crippen molar-refractivity contribution in [1.29, 1.82) is 0 Å². The maximum Gasteiger partial charge on any atom is 0.210 e. The Morgan fingerprint density at radius 2 is 2.17 bits per heavy atom. The van der Waals surface area contributed by atoms with E-state index in [0.29, 0.717) is 15.6 Å². The number of hydrogen-bond donors (Lipinski definition) is 0. The van der Waals surface area contributed by atoms with Gasteiger partial charge in [0.2, 0.25) is 5.78 Å². The lowest BCUT2D eigenvalue weighted by molar-refractivity contribution is 0.0925. The highest BCUT2D eigenvalue weighted by molar-refractivity contribution is 9.11. The second-order valence-electron chi connectivity index (χ2n) is 3.75. The Morgan fingerprint density at radius 1 is 1.39 bits per heavy atom. The van der Waals surface area contributed by atoms with Crippen molar-refractivity contribution in [3.63, 3.8) is 0 Å². The molecule has 0 aliphatic rings. The molecule has 0 atom stereocenters. The maximum atomic E-state index is 11.8. The highest BCUT2D eigenvalue weighted by Gasteiger charge is 2.10. The largest absolute Gasteiger partial charge is 0.484 e. The van der Waals surface area contributed by atoms with Gasteiger partial charge in [-0.05, 0) is 52.7 Å². The van der Waals surface area contributed by atoms with Crippen LogP contribution < -0.4 is 4.74 Å². The van der Waals surface area contributed by atoms with E-state index in [0.717, 1.165) is 9.35 Å².